The first-order valence-electron chi connectivity index (χ1n) is 8.80. The SMILES string of the molecule is C[C@@H](Oc1ccc(F)cc1)C(=O)NNC(=O)CCNC(=O)c1ccc([N+](=O)[O-])cc1. The molecule has 2 aromatic carbocycles. The van der Waals surface area contributed by atoms with E-state index in [0.717, 1.165) is 0 Å². The molecule has 0 aromatic heterocycles. The summed E-state index contributed by atoms with van der Waals surface area (Å²) in [5.41, 5.74) is 4.44. The largest absolute Gasteiger partial charge is 0.481 e. The van der Waals surface area contributed by atoms with E-state index in [2.05, 4.69) is 16.2 Å². The highest BCUT2D eigenvalue weighted by Crippen LogP contribution is 2.13. The van der Waals surface area contributed by atoms with Crippen molar-refractivity contribution in [1.29, 1.82) is 0 Å². The van der Waals surface area contributed by atoms with Crippen LogP contribution in [0.3, 0.4) is 0 Å². The topological polar surface area (TPSA) is 140 Å². The molecule has 10 nitrogen and oxygen atoms in total. The Morgan fingerprint density at radius 1 is 1.07 bits per heavy atom. The van der Waals surface area contributed by atoms with Gasteiger partial charge in [-0.2, -0.15) is 0 Å². The first-order chi connectivity index (χ1) is 14.3. The van der Waals surface area contributed by atoms with Gasteiger partial charge >= 0.3 is 0 Å². The smallest absolute Gasteiger partial charge is 0.279 e. The van der Waals surface area contributed by atoms with Gasteiger partial charge in [0.1, 0.15) is 11.6 Å². The number of carbonyl (C=O) groups excluding carboxylic acids is 3. The molecular weight excluding hydrogens is 399 g/mol. The van der Waals surface area contributed by atoms with E-state index >= 15 is 0 Å². The predicted molar refractivity (Wildman–Crippen MR) is 103 cm³/mol. The Kier molecular flexibility index (Phi) is 7.80. The minimum absolute atomic E-state index is 0.0147. The zero-order valence-corrected chi connectivity index (χ0v) is 15.9. The van der Waals surface area contributed by atoms with Gasteiger partial charge in [-0.05, 0) is 43.3 Å². The molecule has 1 atom stereocenters. The van der Waals surface area contributed by atoms with Crippen molar-refractivity contribution < 1.29 is 28.4 Å². The van der Waals surface area contributed by atoms with Crippen molar-refractivity contribution in [2.24, 2.45) is 0 Å². The van der Waals surface area contributed by atoms with E-state index in [-0.39, 0.29) is 24.2 Å². The van der Waals surface area contributed by atoms with Crippen molar-refractivity contribution in [3.05, 3.63) is 70.0 Å². The summed E-state index contributed by atoms with van der Waals surface area (Å²) in [7, 11) is 0. The molecule has 0 aliphatic heterocycles. The van der Waals surface area contributed by atoms with Gasteiger partial charge in [0, 0.05) is 30.7 Å². The second-order valence-electron chi connectivity index (χ2n) is 6.06. The average molecular weight is 418 g/mol. The van der Waals surface area contributed by atoms with Crippen LogP contribution in [-0.2, 0) is 9.59 Å². The van der Waals surface area contributed by atoms with E-state index in [9.17, 15) is 28.9 Å². The molecule has 30 heavy (non-hydrogen) atoms. The van der Waals surface area contributed by atoms with Gasteiger partial charge in [-0.3, -0.25) is 35.3 Å². The van der Waals surface area contributed by atoms with E-state index in [1.165, 1.54) is 55.5 Å². The van der Waals surface area contributed by atoms with Crippen LogP contribution in [0, 0.1) is 15.9 Å². The molecule has 0 bridgehead atoms. The summed E-state index contributed by atoms with van der Waals surface area (Å²) in [5.74, 6) is -1.82. The molecule has 158 valence electrons. The molecule has 0 aliphatic carbocycles. The van der Waals surface area contributed by atoms with E-state index in [0.29, 0.717) is 5.75 Å². The summed E-state index contributed by atoms with van der Waals surface area (Å²) in [6.45, 7) is 1.44. The van der Waals surface area contributed by atoms with Crippen molar-refractivity contribution in [2.75, 3.05) is 6.54 Å². The molecule has 0 spiro atoms. The fraction of sp³-hybridized carbons (Fsp3) is 0.211. The molecule has 0 unspecified atom stereocenters. The van der Waals surface area contributed by atoms with E-state index < -0.39 is 34.6 Å². The third-order valence-electron chi connectivity index (χ3n) is 3.80. The standard InChI is InChI=1S/C19H19FN4O6/c1-12(30-16-8-4-14(20)5-9-16)18(26)23-22-17(25)10-11-21-19(27)13-2-6-15(7-3-13)24(28)29/h2-9,12H,10-11H2,1H3,(H,21,27)(H,22,25)(H,23,26)/t12-/m1/s1. The zero-order valence-electron chi connectivity index (χ0n) is 15.9. The number of rotatable bonds is 8. The van der Waals surface area contributed by atoms with Crippen LogP contribution in [0.15, 0.2) is 48.5 Å². The van der Waals surface area contributed by atoms with Crippen molar-refractivity contribution in [2.45, 2.75) is 19.4 Å². The Morgan fingerprint density at radius 3 is 2.30 bits per heavy atom. The second kappa shape index (κ2) is 10.5. The number of nitrogens with one attached hydrogen (secondary N) is 3. The monoisotopic (exact) mass is 418 g/mol. The van der Waals surface area contributed by atoms with Crippen LogP contribution in [0.4, 0.5) is 10.1 Å². The lowest BCUT2D eigenvalue weighted by Gasteiger charge is -2.15. The third kappa shape index (κ3) is 6.86. The maximum atomic E-state index is 12.9. The second-order valence-corrected chi connectivity index (χ2v) is 6.06. The molecule has 0 saturated carbocycles. The van der Waals surface area contributed by atoms with Gasteiger partial charge in [-0.25, -0.2) is 4.39 Å². The van der Waals surface area contributed by atoms with Crippen molar-refractivity contribution in [1.82, 2.24) is 16.2 Å². The Labute approximate surface area is 170 Å². The van der Waals surface area contributed by atoms with Crippen LogP contribution >= 0.6 is 0 Å². The van der Waals surface area contributed by atoms with E-state index in [1.807, 2.05) is 0 Å². The summed E-state index contributed by atoms with van der Waals surface area (Å²) in [4.78, 5) is 45.6. The summed E-state index contributed by atoms with van der Waals surface area (Å²) < 4.78 is 18.2. The first-order valence-corrected chi connectivity index (χ1v) is 8.80. The highest BCUT2D eigenvalue weighted by atomic mass is 19.1. The lowest BCUT2D eigenvalue weighted by atomic mass is 10.2. The number of nitro groups is 1. The Morgan fingerprint density at radius 2 is 1.70 bits per heavy atom. The maximum absolute atomic E-state index is 12.9. The molecule has 2 aromatic rings. The minimum Gasteiger partial charge on any atom is -0.481 e. The van der Waals surface area contributed by atoms with Gasteiger partial charge in [0.05, 0.1) is 4.92 Å². The Balaban J connectivity index is 1.68. The third-order valence-corrected chi connectivity index (χ3v) is 3.80. The molecule has 0 aliphatic rings. The number of amides is 3. The summed E-state index contributed by atoms with van der Waals surface area (Å²) in [6.07, 6.45) is -1.07. The number of nitro benzene ring substituents is 1. The predicted octanol–water partition coefficient (Wildman–Crippen LogP) is 1.47. The Hall–Kier alpha value is -4.02. The van der Waals surface area contributed by atoms with Crippen LogP contribution in [-0.4, -0.2) is 35.3 Å². The molecule has 0 heterocycles. The lowest BCUT2D eigenvalue weighted by Crippen LogP contribution is -2.47. The number of nitrogens with zero attached hydrogens (tertiary/aromatic N) is 1. The van der Waals surface area contributed by atoms with Gasteiger partial charge in [-0.15, -0.1) is 0 Å². The van der Waals surface area contributed by atoms with Crippen LogP contribution in [0.1, 0.15) is 23.7 Å². The number of carbonyl (C=O) groups is 3. The molecular formula is C19H19FN4O6. The van der Waals surface area contributed by atoms with Crippen LogP contribution in [0.2, 0.25) is 0 Å². The van der Waals surface area contributed by atoms with Gasteiger partial charge in [0.15, 0.2) is 6.10 Å². The minimum atomic E-state index is -0.947. The fourth-order valence-corrected chi connectivity index (χ4v) is 2.19. The molecule has 2 rings (SSSR count). The lowest BCUT2D eigenvalue weighted by molar-refractivity contribution is -0.384. The Bertz CT molecular complexity index is 918. The number of halogens is 1. The quantitative estimate of drug-likeness (QED) is 0.438. The van der Waals surface area contributed by atoms with Gasteiger partial charge in [-0.1, -0.05) is 0 Å². The van der Waals surface area contributed by atoms with Crippen LogP contribution in [0.25, 0.3) is 0 Å². The van der Waals surface area contributed by atoms with Gasteiger partial charge in [0.2, 0.25) is 5.91 Å². The molecule has 3 N–H and O–H groups in total. The summed E-state index contributed by atoms with van der Waals surface area (Å²) in [6, 6.07) is 10.1. The van der Waals surface area contributed by atoms with E-state index in [1.54, 1.807) is 0 Å². The first kappa shape index (κ1) is 22.3. The highest BCUT2D eigenvalue weighted by molar-refractivity contribution is 5.94. The number of benzene rings is 2. The number of hydrazine groups is 1. The average Bonchev–Trinajstić information content (AvgIpc) is 2.73. The van der Waals surface area contributed by atoms with Crippen molar-refractivity contribution in [3.63, 3.8) is 0 Å². The molecule has 0 saturated heterocycles. The fourth-order valence-electron chi connectivity index (χ4n) is 2.19. The van der Waals surface area contributed by atoms with E-state index in [4.69, 9.17) is 4.74 Å². The van der Waals surface area contributed by atoms with Crippen molar-refractivity contribution in [3.8, 4) is 5.75 Å². The molecule has 0 fully saturated rings. The van der Waals surface area contributed by atoms with Gasteiger partial charge in [0.25, 0.3) is 17.5 Å². The number of hydrogen-bond donors (Lipinski definition) is 3. The van der Waals surface area contributed by atoms with Crippen LogP contribution in [0.5, 0.6) is 5.75 Å². The number of ether oxygens (including phenoxy) is 1. The van der Waals surface area contributed by atoms with Crippen LogP contribution < -0.4 is 20.9 Å². The molecule has 3 amide bonds. The normalized spacial score (nSPS) is 11.1. The van der Waals surface area contributed by atoms with Gasteiger partial charge < -0.3 is 10.1 Å². The summed E-state index contributed by atoms with van der Waals surface area (Å²) in [5, 5.41) is 13.1. The highest BCUT2D eigenvalue weighted by Gasteiger charge is 2.16. The molecule has 0 radical (unpaired) electrons. The maximum Gasteiger partial charge on any atom is 0.279 e. The molecule has 11 heteroatoms. The number of hydrogen-bond acceptors (Lipinski definition) is 6. The van der Waals surface area contributed by atoms with Crippen molar-refractivity contribution >= 4 is 23.4 Å². The zero-order chi connectivity index (χ0) is 22.1. The summed E-state index contributed by atoms with van der Waals surface area (Å²) >= 11 is 0. The number of non-ortho nitro benzene ring substituents is 1.